The molecule has 0 saturated carbocycles. The van der Waals surface area contributed by atoms with Crippen LogP contribution in [0.4, 0.5) is 17.2 Å². The van der Waals surface area contributed by atoms with E-state index in [0.29, 0.717) is 28.6 Å². The van der Waals surface area contributed by atoms with Gasteiger partial charge in [-0.1, -0.05) is 22.0 Å². The number of benzene rings is 2. The standard InChI is InChI=1S/C20H14BrN5O3/c21-13-4-6-15(18-12(13)2-1-7-23-18)29-20-17(22)19(24-9-25-20)26-11-3-5-14-16(8-11)28-10-27-14/h1-9H,10,22H2,(H,24,25,26). The molecule has 0 aliphatic carbocycles. The first-order valence-corrected chi connectivity index (χ1v) is 9.46. The molecule has 2 aromatic heterocycles. The number of pyridine rings is 1. The molecule has 144 valence electrons. The Morgan fingerprint density at radius 2 is 1.93 bits per heavy atom. The largest absolute Gasteiger partial charge is 0.454 e. The summed E-state index contributed by atoms with van der Waals surface area (Å²) in [5, 5.41) is 4.09. The minimum absolute atomic E-state index is 0.210. The first-order chi connectivity index (χ1) is 14.2. The number of hydrogen-bond acceptors (Lipinski definition) is 8. The molecule has 9 heteroatoms. The number of hydrogen-bond donors (Lipinski definition) is 2. The van der Waals surface area contributed by atoms with Gasteiger partial charge in [-0.05, 0) is 30.3 Å². The predicted molar refractivity (Wildman–Crippen MR) is 112 cm³/mol. The second-order valence-corrected chi connectivity index (χ2v) is 7.04. The van der Waals surface area contributed by atoms with E-state index < -0.39 is 0 Å². The van der Waals surface area contributed by atoms with Crippen LogP contribution >= 0.6 is 15.9 Å². The van der Waals surface area contributed by atoms with Crippen molar-refractivity contribution in [3.8, 4) is 23.1 Å². The molecule has 0 saturated heterocycles. The zero-order valence-electron chi connectivity index (χ0n) is 14.9. The van der Waals surface area contributed by atoms with Gasteiger partial charge in [0, 0.05) is 27.8 Å². The fourth-order valence-corrected chi connectivity index (χ4v) is 3.42. The van der Waals surface area contributed by atoms with Gasteiger partial charge >= 0.3 is 0 Å². The van der Waals surface area contributed by atoms with Gasteiger partial charge in [0.2, 0.25) is 12.7 Å². The molecule has 0 atom stereocenters. The third-order valence-corrected chi connectivity index (χ3v) is 5.06. The Hall–Kier alpha value is -3.59. The molecular formula is C20H14BrN5O3. The van der Waals surface area contributed by atoms with Crippen LogP contribution in [0.3, 0.4) is 0 Å². The van der Waals surface area contributed by atoms with E-state index in [1.807, 2.05) is 42.5 Å². The SMILES string of the molecule is Nc1c(Nc2ccc3c(c2)OCO3)ncnc1Oc1ccc(Br)c2cccnc12. The third kappa shape index (κ3) is 3.25. The van der Waals surface area contributed by atoms with E-state index >= 15 is 0 Å². The number of anilines is 3. The molecule has 2 aromatic carbocycles. The van der Waals surface area contributed by atoms with E-state index in [-0.39, 0.29) is 18.4 Å². The van der Waals surface area contributed by atoms with E-state index in [2.05, 4.69) is 36.2 Å². The van der Waals surface area contributed by atoms with Gasteiger partial charge < -0.3 is 25.3 Å². The molecule has 0 amide bonds. The van der Waals surface area contributed by atoms with E-state index in [9.17, 15) is 0 Å². The molecular weight excluding hydrogens is 438 g/mol. The summed E-state index contributed by atoms with van der Waals surface area (Å²) in [4.78, 5) is 12.8. The van der Waals surface area contributed by atoms with Crippen molar-refractivity contribution in [2.45, 2.75) is 0 Å². The Labute approximate surface area is 173 Å². The summed E-state index contributed by atoms with van der Waals surface area (Å²) < 4.78 is 17.6. The maximum Gasteiger partial charge on any atom is 0.248 e. The summed E-state index contributed by atoms with van der Waals surface area (Å²) in [6, 6.07) is 13.0. The topological polar surface area (TPSA) is 104 Å². The van der Waals surface area contributed by atoms with Crippen LogP contribution in [0.15, 0.2) is 59.5 Å². The van der Waals surface area contributed by atoms with Crippen LogP contribution in [0, 0.1) is 0 Å². The minimum atomic E-state index is 0.210. The number of rotatable bonds is 4. The van der Waals surface area contributed by atoms with Crippen molar-refractivity contribution < 1.29 is 14.2 Å². The van der Waals surface area contributed by atoms with Crippen molar-refractivity contribution >= 4 is 44.0 Å². The van der Waals surface area contributed by atoms with E-state index in [4.69, 9.17) is 19.9 Å². The summed E-state index contributed by atoms with van der Waals surface area (Å²) in [5.41, 5.74) is 7.99. The van der Waals surface area contributed by atoms with Crippen molar-refractivity contribution in [1.82, 2.24) is 15.0 Å². The zero-order valence-corrected chi connectivity index (χ0v) is 16.5. The average Bonchev–Trinajstić information content (AvgIpc) is 3.21. The summed E-state index contributed by atoms with van der Waals surface area (Å²) >= 11 is 3.53. The smallest absolute Gasteiger partial charge is 0.248 e. The molecule has 29 heavy (non-hydrogen) atoms. The van der Waals surface area contributed by atoms with E-state index in [1.54, 1.807) is 6.20 Å². The molecule has 0 spiro atoms. The minimum Gasteiger partial charge on any atom is -0.454 e. The molecule has 8 nitrogen and oxygen atoms in total. The molecule has 3 N–H and O–H groups in total. The maximum absolute atomic E-state index is 6.27. The van der Waals surface area contributed by atoms with Crippen molar-refractivity contribution in [1.29, 1.82) is 0 Å². The van der Waals surface area contributed by atoms with Gasteiger partial charge in [-0.2, -0.15) is 4.98 Å². The van der Waals surface area contributed by atoms with Crippen molar-refractivity contribution in [3.05, 3.63) is 59.5 Å². The molecule has 1 aliphatic heterocycles. The lowest BCUT2D eigenvalue weighted by atomic mass is 10.2. The van der Waals surface area contributed by atoms with E-state index in [1.165, 1.54) is 6.33 Å². The number of fused-ring (bicyclic) bond motifs is 2. The Kier molecular flexibility index (Phi) is 4.28. The van der Waals surface area contributed by atoms with Gasteiger partial charge in [-0.15, -0.1) is 0 Å². The molecule has 0 fully saturated rings. The summed E-state index contributed by atoms with van der Waals surface area (Å²) in [6.07, 6.45) is 3.09. The van der Waals surface area contributed by atoms with Crippen LogP contribution in [0.5, 0.6) is 23.1 Å². The number of ether oxygens (including phenoxy) is 3. The molecule has 5 rings (SSSR count). The number of halogens is 1. The lowest BCUT2D eigenvalue weighted by Gasteiger charge is -2.13. The lowest BCUT2D eigenvalue weighted by Crippen LogP contribution is -2.03. The summed E-state index contributed by atoms with van der Waals surface area (Å²) in [7, 11) is 0. The van der Waals surface area contributed by atoms with Gasteiger partial charge in [-0.25, -0.2) is 4.98 Å². The van der Waals surface area contributed by atoms with Crippen molar-refractivity contribution in [2.75, 3.05) is 17.8 Å². The molecule has 0 radical (unpaired) electrons. The molecule has 3 heterocycles. The second-order valence-electron chi connectivity index (χ2n) is 6.18. The highest BCUT2D eigenvalue weighted by atomic mass is 79.9. The van der Waals surface area contributed by atoms with Crippen molar-refractivity contribution in [2.24, 2.45) is 0 Å². The lowest BCUT2D eigenvalue weighted by molar-refractivity contribution is 0.174. The summed E-state index contributed by atoms with van der Waals surface area (Å²) in [6.45, 7) is 0.210. The Balaban J connectivity index is 1.46. The summed E-state index contributed by atoms with van der Waals surface area (Å²) in [5.74, 6) is 2.56. The van der Waals surface area contributed by atoms with Crippen LogP contribution in [0.1, 0.15) is 0 Å². The Morgan fingerprint density at radius 1 is 1.03 bits per heavy atom. The van der Waals surface area contributed by atoms with Crippen LogP contribution in [0.2, 0.25) is 0 Å². The highest BCUT2D eigenvalue weighted by Gasteiger charge is 2.16. The molecule has 0 unspecified atom stereocenters. The number of nitrogens with two attached hydrogens (primary N) is 1. The monoisotopic (exact) mass is 451 g/mol. The predicted octanol–water partition coefficient (Wildman–Crippen LogP) is 4.63. The zero-order chi connectivity index (χ0) is 19.8. The van der Waals surface area contributed by atoms with Gasteiger partial charge in [0.05, 0.1) is 0 Å². The van der Waals surface area contributed by atoms with Crippen LogP contribution in [-0.2, 0) is 0 Å². The number of nitrogen functional groups attached to an aromatic ring is 1. The van der Waals surface area contributed by atoms with Gasteiger partial charge in [0.25, 0.3) is 0 Å². The quantitative estimate of drug-likeness (QED) is 0.462. The normalized spacial score (nSPS) is 12.2. The van der Waals surface area contributed by atoms with Gasteiger partial charge in [-0.3, -0.25) is 4.98 Å². The number of aromatic nitrogens is 3. The molecule has 4 aromatic rings. The highest BCUT2D eigenvalue weighted by Crippen LogP contribution is 2.38. The van der Waals surface area contributed by atoms with Gasteiger partial charge in [0.1, 0.15) is 17.5 Å². The Morgan fingerprint density at radius 3 is 2.86 bits per heavy atom. The molecule has 0 bridgehead atoms. The number of nitrogens with zero attached hydrogens (tertiary/aromatic N) is 3. The third-order valence-electron chi connectivity index (χ3n) is 4.37. The first-order valence-electron chi connectivity index (χ1n) is 8.67. The van der Waals surface area contributed by atoms with E-state index in [0.717, 1.165) is 15.5 Å². The molecule has 1 aliphatic rings. The van der Waals surface area contributed by atoms with Gasteiger partial charge in [0.15, 0.2) is 23.1 Å². The average molecular weight is 452 g/mol. The first kappa shape index (κ1) is 17.5. The fourth-order valence-electron chi connectivity index (χ4n) is 2.97. The van der Waals surface area contributed by atoms with Crippen molar-refractivity contribution in [3.63, 3.8) is 0 Å². The van der Waals surface area contributed by atoms with Crippen LogP contribution in [0.25, 0.3) is 10.9 Å². The Bertz CT molecular complexity index is 1230. The second kappa shape index (κ2) is 7.10. The van der Waals surface area contributed by atoms with Crippen LogP contribution < -0.4 is 25.3 Å². The maximum atomic E-state index is 6.27. The highest BCUT2D eigenvalue weighted by molar-refractivity contribution is 9.10. The van der Waals surface area contributed by atoms with Crippen LogP contribution in [-0.4, -0.2) is 21.7 Å². The fraction of sp³-hybridized carbons (Fsp3) is 0.0500. The number of nitrogens with one attached hydrogen (secondary N) is 1.